The number of aliphatic hydroxyl groups excluding tert-OH is 1. The van der Waals surface area contributed by atoms with Crippen LogP contribution in [0.25, 0.3) is 0 Å². The fraction of sp³-hybridized carbons (Fsp3) is 0.750. The number of aliphatic hydroxyl groups is 1. The van der Waals surface area contributed by atoms with Crippen LogP contribution in [-0.2, 0) is 33.5 Å². The molecule has 4 amide bonds. The monoisotopic (exact) mass is 469 g/mol. The van der Waals surface area contributed by atoms with Gasteiger partial charge in [0.2, 0.25) is 11.8 Å². The smallest absolute Gasteiger partial charge is 0.336 e. The number of amides is 4. The second-order valence-corrected chi connectivity index (χ2v) is 9.94. The Morgan fingerprint density at radius 1 is 1.09 bits per heavy atom. The molecule has 1 saturated carbocycles. The van der Waals surface area contributed by atoms with E-state index in [2.05, 4.69) is 5.32 Å². The molecule has 4 fully saturated rings. The summed E-state index contributed by atoms with van der Waals surface area (Å²) < 4.78 is 5.49. The highest BCUT2D eigenvalue weighted by atomic mass is 32.2. The first-order valence-corrected chi connectivity index (χ1v) is 11.9. The molecular weight excluding hydrogens is 442 g/mol. The second-order valence-electron chi connectivity index (χ2n) is 8.57. The van der Waals surface area contributed by atoms with Crippen molar-refractivity contribution >= 4 is 41.4 Å². The van der Waals surface area contributed by atoms with Crippen LogP contribution in [0.15, 0.2) is 0 Å². The number of carbonyl (C=O) groups excluding carboxylic acids is 5. The van der Waals surface area contributed by atoms with E-state index in [0.29, 0.717) is 43.8 Å². The molecule has 2 N–H and O–H groups in total. The lowest BCUT2D eigenvalue weighted by molar-refractivity contribution is -0.201. The molecule has 0 bridgehead atoms. The number of nitrogens with zero attached hydrogens (tertiary/aromatic N) is 2. The fourth-order valence-electron chi connectivity index (χ4n) is 4.43. The zero-order valence-corrected chi connectivity index (χ0v) is 18.4. The van der Waals surface area contributed by atoms with Crippen molar-refractivity contribution in [2.75, 3.05) is 19.7 Å². The highest BCUT2D eigenvalue weighted by Gasteiger charge is 2.42. The van der Waals surface area contributed by atoms with Crippen LogP contribution in [0.1, 0.15) is 44.9 Å². The molecule has 0 spiro atoms. The number of carbonyl (C=O) groups is 5. The van der Waals surface area contributed by atoms with E-state index in [9.17, 15) is 29.1 Å². The molecule has 11 nitrogen and oxygen atoms in total. The standard InChI is InChI=1S/C20H27N3O8S/c24-14-10-30-18(8-21-14)32-13-7-17(27)22(19(13)28)9-11-1-3-12(4-2-11)20(29)31-23-15(25)5-6-16(23)26/h11-14,18,21,24H,1-10H2/t11?,12?,13?,14-,18?/m1/s1. The van der Waals surface area contributed by atoms with Crippen molar-refractivity contribution in [2.24, 2.45) is 11.8 Å². The number of thioether (sulfide) groups is 1. The maximum absolute atomic E-state index is 12.8. The molecule has 2 unspecified atom stereocenters. The first kappa shape index (κ1) is 23.1. The zero-order chi connectivity index (χ0) is 22.8. The summed E-state index contributed by atoms with van der Waals surface area (Å²) in [6.07, 6.45) is 1.84. The van der Waals surface area contributed by atoms with Crippen LogP contribution in [0.5, 0.6) is 0 Å². The predicted octanol–water partition coefficient (Wildman–Crippen LogP) is -0.475. The topological polar surface area (TPSA) is 143 Å². The van der Waals surface area contributed by atoms with Gasteiger partial charge in [-0.05, 0) is 31.6 Å². The molecule has 4 aliphatic rings. The lowest BCUT2D eigenvalue weighted by Gasteiger charge is -2.30. The van der Waals surface area contributed by atoms with Crippen molar-refractivity contribution < 1.29 is 38.7 Å². The van der Waals surface area contributed by atoms with Gasteiger partial charge in [0.25, 0.3) is 11.8 Å². The van der Waals surface area contributed by atoms with Crippen molar-refractivity contribution in [3.05, 3.63) is 0 Å². The van der Waals surface area contributed by atoms with Gasteiger partial charge in [0, 0.05) is 32.4 Å². The summed E-state index contributed by atoms with van der Waals surface area (Å²) in [4.78, 5) is 67.1. The molecule has 0 radical (unpaired) electrons. The SMILES string of the molecule is O=C(ON1C(=O)CCC1=O)C1CCC(CN2C(=O)CC(SC3CN[C@H](O)CO3)C2=O)CC1. The molecule has 32 heavy (non-hydrogen) atoms. The molecule has 176 valence electrons. The molecule has 12 heteroatoms. The van der Waals surface area contributed by atoms with E-state index in [1.807, 2.05) is 0 Å². The van der Waals surface area contributed by atoms with E-state index in [-0.39, 0.29) is 49.0 Å². The van der Waals surface area contributed by atoms with Gasteiger partial charge in [-0.2, -0.15) is 0 Å². The molecule has 1 aliphatic carbocycles. The maximum atomic E-state index is 12.8. The number of hydroxylamine groups is 2. The first-order valence-electron chi connectivity index (χ1n) is 10.9. The minimum Gasteiger partial charge on any atom is -0.376 e. The third-order valence-electron chi connectivity index (χ3n) is 6.29. The van der Waals surface area contributed by atoms with Crippen LogP contribution in [-0.4, -0.2) is 81.3 Å². The van der Waals surface area contributed by atoms with Crippen molar-refractivity contribution in [2.45, 2.75) is 61.9 Å². The Balaban J connectivity index is 1.22. The summed E-state index contributed by atoms with van der Waals surface area (Å²) in [5.41, 5.74) is -0.295. The number of imide groups is 2. The minimum absolute atomic E-state index is 0.0569. The number of morpholine rings is 1. The van der Waals surface area contributed by atoms with E-state index >= 15 is 0 Å². The summed E-state index contributed by atoms with van der Waals surface area (Å²) in [6.45, 7) is 0.864. The van der Waals surface area contributed by atoms with Gasteiger partial charge < -0.3 is 14.7 Å². The molecule has 4 rings (SSSR count). The van der Waals surface area contributed by atoms with Crippen LogP contribution in [0.4, 0.5) is 0 Å². The fourth-order valence-corrected chi connectivity index (χ4v) is 5.63. The van der Waals surface area contributed by atoms with Crippen LogP contribution in [0.3, 0.4) is 0 Å². The van der Waals surface area contributed by atoms with Crippen molar-refractivity contribution in [1.29, 1.82) is 0 Å². The molecule has 3 saturated heterocycles. The maximum Gasteiger partial charge on any atom is 0.336 e. The minimum atomic E-state index is -0.715. The van der Waals surface area contributed by atoms with Gasteiger partial charge >= 0.3 is 5.97 Å². The Kier molecular flexibility index (Phi) is 7.13. The van der Waals surface area contributed by atoms with Crippen LogP contribution < -0.4 is 5.32 Å². The van der Waals surface area contributed by atoms with Crippen molar-refractivity contribution in [3.63, 3.8) is 0 Å². The molecule has 3 aliphatic heterocycles. The number of hydrogen-bond donors (Lipinski definition) is 2. The van der Waals surface area contributed by atoms with Gasteiger partial charge in [-0.1, -0.05) is 0 Å². The summed E-state index contributed by atoms with van der Waals surface area (Å²) >= 11 is 1.30. The number of ether oxygens (including phenoxy) is 1. The van der Waals surface area contributed by atoms with Gasteiger partial charge in [-0.15, -0.1) is 16.8 Å². The number of rotatable bonds is 6. The van der Waals surface area contributed by atoms with Gasteiger partial charge in [0.15, 0.2) is 0 Å². The second kappa shape index (κ2) is 9.86. The van der Waals surface area contributed by atoms with Gasteiger partial charge in [-0.25, -0.2) is 4.79 Å². The Labute approximate surface area is 189 Å². The third-order valence-corrected chi connectivity index (χ3v) is 7.59. The normalized spacial score (nSPS) is 33.8. The molecule has 0 aromatic carbocycles. The summed E-state index contributed by atoms with van der Waals surface area (Å²) in [5.74, 6) is -2.32. The molecule has 3 atom stereocenters. The van der Waals surface area contributed by atoms with E-state index in [4.69, 9.17) is 9.57 Å². The average Bonchev–Trinajstić information content (AvgIpc) is 3.23. The Bertz CT molecular complexity index is 776. The number of hydrogen-bond acceptors (Lipinski definition) is 10. The largest absolute Gasteiger partial charge is 0.376 e. The highest BCUT2D eigenvalue weighted by molar-refractivity contribution is 8.01. The van der Waals surface area contributed by atoms with Gasteiger partial charge in [0.1, 0.15) is 11.7 Å². The van der Waals surface area contributed by atoms with Gasteiger partial charge in [-0.3, -0.25) is 29.4 Å². The summed E-state index contributed by atoms with van der Waals surface area (Å²) in [5, 5.41) is 12.4. The van der Waals surface area contributed by atoms with E-state index in [1.165, 1.54) is 16.7 Å². The lowest BCUT2D eigenvalue weighted by Crippen LogP contribution is -2.46. The summed E-state index contributed by atoms with van der Waals surface area (Å²) in [7, 11) is 0. The van der Waals surface area contributed by atoms with Crippen LogP contribution in [0.2, 0.25) is 0 Å². The van der Waals surface area contributed by atoms with E-state index in [1.54, 1.807) is 0 Å². The Morgan fingerprint density at radius 2 is 1.78 bits per heavy atom. The van der Waals surface area contributed by atoms with Gasteiger partial charge in [0.05, 0.1) is 17.8 Å². The highest BCUT2D eigenvalue weighted by Crippen LogP contribution is 2.34. The Hall–Kier alpha value is -2.02. The Morgan fingerprint density at radius 3 is 2.41 bits per heavy atom. The molecular formula is C20H27N3O8S. The third kappa shape index (κ3) is 5.13. The zero-order valence-electron chi connectivity index (χ0n) is 17.6. The van der Waals surface area contributed by atoms with Crippen LogP contribution >= 0.6 is 11.8 Å². The predicted molar refractivity (Wildman–Crippen MR) is 109 cm³/mol. The molecule has 0 aromatic heterocycles. The number of nitrogens with one attached hydrogen (secondary N) is 1. The van der Waals surface area contributed by atoms with E-state index in [0.717, 1.165) is 0 Å². The average molecular weight is 470 g/mol. The molecule has 3 heterocycles. The lowest BCUT2D eigenvalue weighted by atomic mass is 9.82. The first-order chi connectivity index (χ1) is 15.3. The number of likely N-dealkylation sites (tertiary alicyclic amines) is 1. The summed E-state index contributed by atoms with van der Waals surface area (Å²) in [6, 6.07) is 0. The van der Waals surface area contributed by atoms with E-state index < -0.39 is 35.2 Å². The van der Waals surface area contributed by atoms with Crippen molar-refractivity contribution in [3.8, 4) is 0 Å². The molecule has 0 aromatic rings. The van der Waals surface area contributed by atoms with Crippen LogP contribution in [0, 0.1) is 11.8 Å². The quantitative estimate of drug-likeness (QED) is 0.490. The van der Waals surface area contributed by atoms with Crippen molar-refractivity contribution in [1.82, 2.24) is 15.3 Å².